The molecule has 0 spiro atoms. The minimum absolute atomic E-state index is 0.0535. The molecule has 1 N–H and O–H groups in total. The van der Waals surface area contributed by atoms with Gasteiger partial charge in [-0.05, 0) is 30.5 Å². The highest BCUT2D eigenvalue weighted by Gasteiger charge is 2.33. The van der Waals surface area contributed by atoms with Gasteiger partial charge in [0.2, 0.25) is 5.91 Å². The van der Waals surface area contributed by atoms with Crippen LogP contribution in [0.15, 0.2) is 29.3 Å². The van der Waals surface area contributed by atoms with Gasteiger partial charge < -0.3 is 5.32 Å². The number of amides is 1. The summed E-state index contributed by atoms with van der Waals surface area (Å²) < 4.78 is 13.4. The Balaban J connectivity index is 2.40. The maximum absolute atomic E-state index is 13.4. The van der Waals surface area contributed by atoms with Crippen LogP contribution < -0.4 is 5.32 Å². The normalized spacial score (nSPS) is 24.9. The predicted octanol–water partition coefficient (Wildman–Crippen LogP) is 2.06. The van der Waals surface area contributed by atoms with E-state index in [0.717, 1.165) is 12.0 Å². The van der Waals surface area contributed by atoms with E-state index in [1.165, 1.54) is 12.1 Å². The van der Waals surface area contributed by atoms with Crippen LogP contribution in [0.2, 0.25) is 0 Å². The van der Waals surface area contributed by atoms with Crippen molar-refractivity contribution in [1.29, 1.82) is 0 Å². The zero-order chi connectivity index (χ0) is 13.0. The molecule has 1 aromatic rings. The Labute approximate surface area is 106 Å². The van der Waals surface area contributed by atoms with E-state index in [0.29, 0.717) is 19.4 Å². The fourth-order valence-electron chi connectivity index (χ4n) is 2.51. The van der Waals surface area contributed by atoms with E-state index in [-0.39, 0.29) is 17.1 Å². The van der Waals surface area contributed by atoms with Gasteiger partial charge in [0.05, 0.1) is 0 Å². The molecule has 1 aliphatic heterocycles. The lowest BCUT2D eigenvalue weighted by Gasteiger charge is -2.28. The molecule has 4 heteroatoms. The van der Waals surface area contributed by atoms with Gasteiger partial charge in [-0.25, -0.2) is 4.39 Å². The van der Waals surface area contributed by atoms with Crippen LogP contribution >= 0.6 is 0 Å². The van der Waals surface area contributed by atoms with Crippen molar-refractivity contribution >= 4 is 12.1 Å². The Hall–Kier alpha value is -1.71. The SMILES string of the molecule is CN=CC1(c2cccc(F)c2)CCNC(=O)CC1. The lowest BCUT2D eigenvalue weighted by atomic mass is 9.75. The first-order valence-electron chi connectivity index (χ1n) is 6.12. The van der Waals surface area contributed by atoms with Gasteiger partial charge in [-0.15, -0.1) is 0 Å². The molecule has 0 radical (unpaired) electrons. The molecule has 0 saturated carbocycles. The molecule has 1 amide bonds. The van der Waals surface area contributed by atoms with Crippen molar-refractivity contribution in [2.45, 2.75) is 24.7 Å². The third-order valence-electron chi connectivity index (χ3n) is 3.47. The van der Waals surface area contributed by atoms with Crippen molar-refractivity contribution in [1.82, 2.24) is 5.32 Å². The largest absolute Gasteiger partial charge is 0.356 e. The Kier molecular flexibility index (Phi) is 3.75. The minimum atomic E-state index is -0.337. The molecule has 1 unspecified atom stereocenters. The average Bonchev–Trinajstić information content (AvgIpc) is 2.53. The fraction of sp³-hybridized carbons (Fsp3) is 0.429. The highest BCUT2D eigenvalue weighted by Crippen LogP contribution is 2.33. The van der Waals surface area contributed by atoms with Crippen LogP contribution in [0.4, 0.5) is 4.39 Å². The zero-order valence-corrected chi connectivity index (χ0v) is 10.4. The summed E-state index contributed by atoms with van der Waals surface area (Å²) >= 11 is 0. The van der Waals surface area contributed by atoms with E-state index in [2.05, 4.69) is 10.3 Å². The molecule has 0 aromatic heterocycles. The van der Waals surface area contributed by atoms with E-state index in [9.17, 15) is 9.18 Å². The molecule has 1 heterocycles. The molecule has 3 nitrogen and oxygen atoms in total. The van der Waals surface area contributed by atoms with Gasteiger partial charge in [0.1, 0.15) is 5.82 Å². The van der Waals surface area contributed by atoms with Crippen molar-refractivity contribution in [2.75, 3.05) is 13.6 Å². The number of hydrogen-bond acceptors (Lipinski definition) is 2. The minimum Gasteiger partial charge on any atom is -0.356 e. The predicted molar refractivity (Wildman–Crippen MR) is 69.4 cm³/mol. The smallest absolute Gasteiger partial charge is 0.220 e. The third kappa shape index (κ3) is 2.58. The molecule has 0 bridgehead atoms. The summed E-state index contributed by atoms with van der Waals surface area (Å²) in [6.45, 7) is 0.599. The number of benzene rings is 1. The van der Waals surface area contributed by atoms with Gasteiger partial charge >= 0.3 is 0 Å². The summed E-state index contributed by atoms with van der Waals surface area (Å²) in [5, 5.41) is 2.85. The summed E-state index contributed by atoms with van der Waals surface area (Å²) in [6, 6.07) is 6.58. The number of hydrogen-bond donors (Lipinski definition) is 1. The van der Waals surface area contributed by atoms with Crippen molar-refractivity contribution in [3.63, 3.8) is 0 Å². The first kappa shape index (κ1) is 12.7. The molecule has 1 aromatic carbocycles. The zero-order valence-electron chi connectivity index (χ0n) is 10.4. The summed E-state index contributed by atoms with van der Waals surface area (Å²) in [5.74, 6) is -0.197. The van der Waals surface area contributed by atoms with Crippen LogP contribution in [0.1, 0.15) is 24.8 Å². The number of nitrogens with one attached hydrogen (secondary N) is 1. The second-order valence-corrected chi connectivity index (χ2v) is 4.65. The Morgan fingerprint density at radius 3 is 3.00 bits per heavy atom. The number of halogens is 1. The van der Waals surface area contributed by atoms with Crippen LogP contribution in [0.25, 0.3) is 0 Å². The summed E-state index contributed by atoms with van der Waals surface area (Å²) in [6.07, 6.45) is 3.71. The first-order valence-corrected chi connectivity index (χ1v) is 6.12. The third-order valence-corrected chi connectivity index (χ3v) is 3.47. The topological polar surface area (TPSA) is 41.5 Å². The summed E-state index contributed by atoms with van der Waals surface area (Å²) in [4.78, 5) is 15.6. The van der Waals surface area contributed by atoms with Crippen LogP contribution in [0.3, 0.4) is 0 Å². The maximum atomic E-state index is 13.4. The number of aliphatic imine (C=N–C) groups is 1. The Morgan fingerprint density at radius 2 is 2.28 bits per heavy atom. The van der Waals surface area contributed by atoms with E-state index in [1.54, 1.807) is 13.1 Å². The number of carbonyl (C=O) groups is 1. The molecule has 0 aliphatic carbocycles. The van der Waals surface area contributed by atoms with Crippen LogP contribution in [0, 0.1) is 5.82 Å². The lowest BCUT2D eigenvalue weighted by Crippen LogP contribution is -2.29. The molecule has 96 valence electrons. The molecular formula is C14H17FN2O. The fourth-order valence-corrected chi connectivity index (χ4v) is 2.51. The van der Waals surface area contributed by atoms with Crippen molar-refractivity contribution in [3.05, 3.63) is 35.6 Å². The standard InChI is InChI=1S/C14H17FN2O/c1-16-10-14(6-5-13(18)17-8-7-14)11-3-2-4-12(15)9-11/h2-4,9-10H,5-8H2,1H3,(H,17,18). The van der Waals surface area contributed by atoms with E-state index < -0.39 is 0 Å². The molecule has 1 atom stereocenters. The second-order valence-electron chi connectivity index (χ2n) is 4.65. The second kappa shape index (κ2) is 5.29. The lowest BCUT2D eigenvalue weighted by molar-refractivity contribution is -0.120. The van der Waals surface area contributed by atoms with E-state index in [1.807, 2.05) is 12.3 Å². The van der Waals surface area contributed by atoms with Crippen molar-refractivity contribution < 1.29 is 9.18 Å². The molecule has 18 heavy (non-hydrogen) atoms. The average molecular weight is 248 g/mol. The molecule has 1 aliphatic rings. The maximum Gasteiger partial charge on any atom is 0.220 e. The van der Waals surface area contributed by atoms with Crippen LogP contribution in [-0.4, -0.2) is 25.7 Å². The van der Waals surface area contributed by atoms with Crippen LogP contribution in [-0.2, 0) is 10.2 Å². The highest BCUT2D eigenvalue weighted by atomic mass is 19.1. The highest BCUT2D eigenvalue weighted by molar-refractivity contribution is 5.80. The molecule has 1 saturated heterocycles. The van der Waals surface area contributed by atoms with Gasteiger partial charge in [-0.2, -0.15) is 0 Å². The number of rotatable bonds is 2. The van der Waals surface area contributed by atoms with E-state index in [4.69, 9.17) is 0 Å². The number of carbonyl (C=O) groups excluding carboxylic acids is 1. The van der Waals surface area contributed by atoms with Gasteiger partial charge in [0, 0.05) is 31.6 Å². The molecule has 1 fully saturated rings. The van der Waals surface area contributed by atoms with E-state index >= 15 is 0 Å². The van der Waals surface area contributed by atoms with Crippen LogP contribution in [0.5, 0.6) is 0 Å². The van der Waals surface area contributed by atoms with Gasteiger partial charge in [-0.3, -0.25) is 9.79 Å². The van der Waals surface area contributed by atoms with Crippen molar-refractivity contribution in [2.24, 2.45) is 4.99 Å². The number of nitrogens with zero attached hydrogens (tertiary/aromatic N) is 1. The Bertz CT molecular complexity index is 473. The molecular weight excluding hydrogens is 231 g/mol. The first-order chi connectivity index (χ1) is 8.66. The monoisotopic (exact) mass is 248 g/mol. The van der Waals surface area contributed by atoms with Gasteiger partial charge in [-0.1, -0.05) is 12.1 Å². The molecule has 2 rings (SSSR count). The van der Waals surface area contributed by atoms with Gasteiger partial charge in [0.25, 0.3) is 0 Å². The van der Waals surface area contributed by atoms with Gasteiger partial charge in [0.15, 0.2) is 0 Å². The quantitative estimate of drug-likeness (QED) is 0.800. The summed E-state index contributed by atoms with van der Waals surface area (Å²) in [7, 11) is 1.71. The summed E-state index contributed by atoms with van der Waals surface area (Å²) in [5.41, 5.74) is 0.556. The van der Waals surface area contributed by atoms with Crippen molar-refractivity contribution in [3.8, 4) is 0 Å². The Morgan fingerprint density at radius 1 is 1.44 bits per heavy atom.